The van der Waals surface area contributed by atoms with Gasteiger partial charge in [-0.3, -0.25) is 29.8 Å². The van der Waals surface area contributed by atoms with Gasteiger partial charge in [-0.25, -0.2) is 34.3 Å². The minimum Gasteiger partial charge on any atom is -0.396 e. The Bertz CT molecular complexity index is 1930. The van der Waals surface area contributed by atoms with Gasteiger partial charge < -0.3 is 27.2 Å². The van der Waals surface area contributed by atoms with Crippen LogP contribution in [0.4, 0.5) is 21.9 Å². The number of primary amides is 2. The Morgan fingerprint density at radius 2 is 1.11 bits per heavy atom. The van der Waals surface area contributed by atoms with Crippen LogP contribution in [0.2, 0.25) is 5.28 Å². The number of nitrogens with zero attached hydrogens (tertiary/aromatic N) is 8. The topological polar surface area (TPSA) is 359 Å². The highest BCUT2D eigenvalue weighted by Gasteiger charge is 2.18. The number of halogens is 1. The predicted molar refractivity (Wildman–Crippen MR) is 194 cm³/mol. The number of nitrogens with two attached hydrogens (primary N) is 3. The van der Waals surface area contributed by atoms with E-state index in [1.165, 1.54) is 47.9 Å². The zero-order chi connectivity index (χ0) is 41.7. The molecule has 0 unspecified atom stereocenters. The summed E-state index contributed by atoms with van der Waals surface area (Å²) < 4.78 is 0. The lowest BCUT2D eigenvalue weighted by atomic mass is 10.2. The lowest BCUT2D eigenvalue weighted by Gasteiger charge is -1.98. The van der Waals surface area contributed by atoms with Crippen molar-refractivity contribution in [1.82, 2.24) is 39.9 Å². The summed E-state index contributed by atoms with van der Waals surface area (Å²) in [5.41, 5.74) is 18.0. The first-order valence-electron chi connectivity index (χ1n) is 14.8. The monoisotopic (exact) mass is 763 g/mol. The fraction of sp³-hybridized carbons (Fsp3) is 0.367. The van der Waals surface area contributed by atoms with Gasteiger partial charge in [0.05, 0.1) is 39.0 Å². The number of ketones is 2. The Morgan fingerprint density at radius 1 is 0.717 bits per heavy atom. The zero-order valence-corrected chi connectivity index (χ0v) is 31.5. The number of aromatic nitrogens is 8. The van der Waals surface area contributed by atoms with E-state index in [0.717, 1.165) is 22.8 Å². The van der Waals surface area contributed by atoms with Crippen molar-refractivity contribution in [3.63, 3.8) is 0 Å². The van der Waals surface area contributed by atoms with E-state index in [2.05, 4.69) is 51.3 Å². The van der Waals surface area contributed by atoms with Crippen LogP contribution in [0.3, 0.4) is 0 Å². The van der Waals surface area contributed by atoms with Crippen molar-refractivity contribution in [3.8, 4) is 0 Å². The number of carbonyl (C=O) groups excluding carboxylic acids is 3. The Kier molecular flexibility index (Phi) is 21.8. The number of carbonyl (C=O) groups is 3. The molecule has 4 rings (SSSR count). The molecule has 4 aromatic heterocycles. The molecule has 2 amide bonds. The minimum atomic E-state index is -0.833. The first-order chi connectivity index (χ1) is 24.3. The maximum absolute atomic E-state index is 10.7. The number of hydrogen-bond donors (Lipinski definition) is 5. The number of urea groups is 1. The third-order valence-electron chi connectivity index (χ3n) is 5.62. The van der Waals surface area contributed by atoms with E-state index in [1.54, 1.807) is 6.92 Å². The summed E-state index contributed by atoms with van der Waals surface area (Å²) in [6, 6.07) is 0.988. The van der Waals surface area contributed by atoms with Gasteiger partial charge in [0.25, 0.3) is 0 Å². The van der Waals surface area contributed by atoms with E-state index in [0.29, 0.717) is 5.69 Å². The molecule has 0 bridgehead atoms. The van der Waals surface area contributed by atoms with E-state index in [4.69, 9.17) is 22.1 Å². The van der Waals surface area contributed by atoms with E-state index < -0.39 is 21.6 Å². The van der Waals surface area contributed by atoms with E-state index in [9.17, 15) is 39.4 Å². The number of nitrogen functional groups attached to an aromatic ring is 1. The van der Waals surface area contributed by atoms with Gasteiger partial charge in [-0.2, -0.15) is 9.97 Å². The van der Waals surface area contributed by atoms with Gasteiger partial charge in [-0.05, 0) is 86.9 Å². The van der Waals surface area contributed by atoms with E-state index in [-0.39, 0.29) is 63.1 Å². The second-order valence-electron chi connectivity index (χ2n) is 10.6. The largest absolute Gasteiger partial charge is 0.396 e. The molecule has 8 N–H and O–H groups in total. The average Bonchev–Trinajstić information content (AvgIpc) is 2.94. The van der Waals surface area contributed by atoms with Crippen molar-refractivity contribution in [2.75, 3.05) is 5.73 Å². The lowest BCUT2D eigenvalue weighted by molar-refractivity contribution is -0.386. The molecule has 0 aliphatic carbocycles. The molecular formula is C30H42ClN13O9. The highest BCUT2D eigenvalue weighted by atomic mass is 35.5. The number of nitro groups is 2. The van der Waals surface area contributed by atoms with Crippen LogP contribution in [0, 0.1) is 75.6 Å². The van der Waals surface area contributed by atoms with Crippen molar-refractivity contribution >= 4 is 46.3 Å². The van der Waals surface area contributed by atoms with Gasteiger partial charge >= 0.3 is 28.8 Å². The highest BCUT2D eigenvalue weighted by molar-refractivity contribution is 6.28. The van der Waals surface area contributed by atoms with Crippen molar-refractivity contribution < 1.29 is 24.2 Å². The van der Waals surface area contributed by atoms with Crippen LogP contribution in [0.1, 0.15) is 65.8 Å². The molecule has 0 radical (unpaired) electrons. The molecule has 0 atom stereocenters. The van der Waals surface area contributed by atoms with Crippen LogP contribution >= 0.6 is 11.6 Å². The number of H-pyrrole nitrogens is 2. The predicted octanol–water partition coefficient (Wildman–Crippen LogP) is 2.59. The number of anilines is 1. The lowest BCUT2D eigenvalue weighted by Crippen LogP contribution is -2.18. The number of rotatable bonds is 4. The normalized spacial score (nSPS) is 9.26. The van der Waals surface area contributed by atoms with Crippen LogP contribution in [0.5, 0.6) is 0 Å². The SMILES string of the molecule is CC(=O)CC(C)=O.Cc1cc(C)[nH]c(=O)n1.Cc1nc(=O)[nH]c(C)c1[N+](=O)[O-].Cc1nc(Cl)nc(C)c1[N+](=O)[O-].Cc1ncnc(C)c1N.NC(N)=O. The van der Waals surface area contributed by atoms with E-state index >= 15 is 0 Å². The summed E-state index contributed by atoms with van der Waals surface area (Å²) in [6.45, 7) is 16.1. The summed E-state index contributed by atoms with van der Waals surface area (Å²) >= 11 is 5.48. The van der Waals surface area contributed by atoms with Gasteiger partial charge in [0.15, 0.2) is 0 Å². The maximum atomic E-state index is 10.7. The smallest absolute Gasteiger partial charge is 0.345 e. The zero-order valence-electron chi connectivity index (χ0n) is 30.7. The standard InChI is InChI=1S/C6H6ClN3O2.C6H7N3O3.C6H9N3.C6H8N2O.C5H8O2.CH4N2O/c1-3-5(10(11)12)4(2)9-6(7)8-3;1-3-5(9(11)12)4(2)8-6(10)7-3;1-4-6(7)5(2)9-3-8-4;1-4-3-5(2)8-6(9)7-4;1-4(6)3-5(2)7;2-1(3)4/h1-2H3;1-2H3,(H,7,8,10);3H,7H2,1-2H3;3H,1-2H3,(H,7,8,9);3H2,1-2H3;(H4,2,3,4). The molecule has 22 nitrogen and oxygen atoms in total. The fourth-order valence-corrected chi connectivity index (χ4v) is 3.87. The molecule has 0 saturated heterocycles. The summed E-state index contributed by atoms with van der Waals surface area (Å²) in [5.74, 6) is -0.125. The number of nitrogens with one attached hydrogen (secondary N) is 2. The maximum Gasteiger partial charge on any atom is 0.345 e. The summed E-state index contributed by atoms with van der Waals surface area (Å²) in [4.78, 5) is 97.0. The van der Waals surface area contributed by atoms with Crippen LogP contribution in [0.25, 0.3) is 0 Å². The Hall–Kier alpha value is -6.58. The Morgan fingerprint density at radius 3 is 1.42 bits per heavy atom. The number of aryl methyl sites for hydroxylation is 8. The first kappa shape index (κ1) is 48.5. The molecule has 23 heteroatoms. The molecule has 0 aliphatic rings. The molecule has 0 aromatic carbocycles. The second-order valence-corrected chi connectivity index (χ2v) is 10.9. The third-order valence-corrected chi connectivity index (χ3v) is 5.79. The van der Waals surface area contributed by atoms with E-state index in [1.807, 2.05) is 26.8 Å². The van der Waals surface area contributed by atoms with Gasteiger partial charge in [-0.1, -0.05) is 0 Å². The fourth-order valence-electron chi connectivity index (χ4n) is 3.62. The van der Waals surface area contributed by atoms with Crippen molar-refractivity contribution in [3.05, 3.63) is 104 Å². The van der Waals surface area contributed by atoms with Crippen LogP contribution < -0.4 is 28.6 Å². The van der Waals surface area contributed by atoms with Crippen LogP contribution in [-0.4, -0.2) is 67.3 Å². The highest BCUT2D eigenvalue weighted by Crippen LogP contribution is 2.20. The second kappa shape index (κ2) is 23.8. The molecule has 53 heavy (non-hydrogen) atoms. The van der Waals surface area contributed by atoms with Gasteiger partial charge in [0.2, 0.25) is 5.28 Å². The minimum absolute atomic E-state index is 0.0376. The Labute approximate surface area is 307 Å². The Balaban J connectivity index is 0. The van der Waals surface area contributed by atoms with Gasteiger partial charge in [0, 0.05) is 11.4 Å². The van der Waals surface area contributed by atoms with Crippen molar-refractivity contribution in [2.24, 2.45) is 11.5 Å². The first-order valence-corrected chi connectivity index (χ1v) is 15.2. The van der Waals surface area contributed by atoms with Gasteiger partial charge in [0.1, 0.15) is 35.0 Å². The van der Waals surface area contributed by atoms with Crippen molar-refractivity contribution in [2.45, 2.75) is 75.7 Å². The quantitative estimate of drug-likeness (QED) is 0.0862. The summed E-state index contributed by atoms with van der Waals surface area (Å²) in [5, 5.41) is 20.9. The number of aromatic amines is 2. The molecule has 0 fully saturated rings. The molecule has 4 heterocycles. The summed E-state index contributed by atoms with van der Waals surface area (Å²) in [6.07, 6.45) is 1.60. The molecule has 0 saturated carbocycles. The van der Waals surface area contributed by atoms with Crippen molar-refractivity contribution in [1.29, 1.82) is 0 Å². The average molecular weight is 764 g/mol. The number of hydrogen-bond acceptors (Lipinski definition) is 16. The summed E-state index contributed by atoms with van der Waals surface area (Å²) in [7, 11) is 0. The van der Waals surface area contributed by atoms with Crippen LogP contribution in [-0.2, 0) is 9.59 Å². The molecular weight excluding hydrogens is 722 g/mol. The van der Waals surface area contributed by atoms with Crippen LogP contribution in [0.15, 0.2) is 22.0 Å². The molecule has 0 aliphatic heterocycles. The molecule has 0 spiro atoms. The van der Waals surface area contributed by atoms with Gasteiger partial charge in [-0.15, -0.1) is 0 Å². The number of amides is 2. The third kappa shape index (κ3) is 21.3. The molecule has 4 aromatic rings. The molecule has 288 valence electrons. The number of Topliss-reactive ketones (excluding diaryl/α,β-unsaturated/α-hetero) is 2.